The minimum absolute atomic E-state index is 0.0482. The van der Waals surface area contributed by atoms with E-state index in [2.05, 4.69) is 5.32 Å². The zero-order valence-electron chi connectivity index (χ0n) is 13.1. The summed E-state index contributed by atoms with van der Waals surface area (Å²) < 4.78 is 5.07. The lowest BCUT2D eigenvalue weighted by Gasteiger charge is -2.29. The van der Waals surface area contributed by atoms with Crippen molar-refractivity contribution in [3.63, 3.8) is 0 Å². The van der Waals surface area contributed by atoms with E-state index in [-0.39, 0.29) is 18.5 Å². The van der Waals surface area contributed by atoms with E-state index in [0.29, 0.717) is 26.1 Å². The smallest absolute Gasteiger partial charge is 0.317 e. The number of rotatable bonds is 9. The number of carboxylic acid groups (broad SMARTS) is 1. The SMILES string of the molecule is COCCN(C(=O)NCCCC(=O)O)C(C)c1ccccc1. The third-order valence-corrected chi connectivity index (χ3v) is 3.39. The second kappa shape index (κ2) is 9.78. The molecular weight excluding hydrogens is 284 g/mol. The molecule has 0 radical (unpaired) electrons. The van der Waals surface area contributed by atoms with E-state index < -0.39 is 5.97 Å². The Morgan fingerprint density at radius 3 is 2.59 bits per heavy atom. The van der Waals surface area contributed by atoms with Gasteiger partial charge < -0.3 is 20.1 Å². The zero-order valence-corrected chi connectivity index (χ0v) is 13.1. The summed E-state index contributed by atoms with van der Waals surface area (Å²) in [5.74, 6) is -0.858. The number of nitrogens with zero attached hydrogens (tertiary/aromatic N) is 1. The summed E-state index contributed by atoms with van der Waals surface area (Å²) in [4.78, 5) is 24.5. The summed E-state index contributed by atoms with van der Waals surface area (Å²) in [5.41, 5.74) is 1.04. The van der Waals surface area contributed by atoms with Gasteiger partial charge in [0.15, 0.2) is 0 Å². The Labute approximate surface area is 131 Å². The fourth-order valence-corrected chi connectivity index (χ4v) is 2.11. The van der Waals surface area contributed by atoms with Gasteiger partial charge in [-0.1, -0.05) is 30.3 Å². The van der Waals surface area contributed by atoms with Crippen LogP contribution in [0.5, 0.6) is 0 Å². The van der Waals surface area contributed by atoms with E-state index in [0.717, 1.165) is 5.56 Å². The molecule has 0 saturated carbocycles. The molecule has 0 fully saturated rings. The molecule has 2 N–H and O–H groups in total. The van der Waals surface area contributed by atoms with Crippen molar-refractivity contribution in [3.05, 3.63) is 35.9 Å². The molecule has 1 aromatic rings. The lowest BCUT2D eigenvalue weighted by Crippen LogP contribution is -2.43. The van der Waals surface area contributed by atoms with Crippen LogP contribution in [0.15, 0.2) is 30.3 Å². The molecule has 22 heavy (non-hydrogen) atoms. The number of methoxy groups -OCH3 is 1. The maximum Gasteiger partial charge on any atom is 0.317 e. The standard InChI is InChI=1S/C16H24N2O4/c1-13(14-7-4-3-5-8-14)18(11-12-22-2)16(21)17-10-6-9-15(19)20/h3-5,7-8,13H,6,9-12H2,1-2H3,(H,17,21)(H,19,20). The predicted octanol–water partition coefficient (Wildman–Crippen LogP) is 2.27. The van der Waals surface area contributed by atoms with Gasteiger partial charge in [0.05, 0.1) is 12.6 Å². The number of urea groups is 1. The van der Waals surface area contributed by atoms with Gasteiger partial charge in [-0.3, -0.25) is 4.79 Å². The van der Waals surface area contributed by atoms with E-state index in [1.165, 1.54) is 0 Å². The topological polar surface area (TPSA) is 78.9 Å². The van der Waals surface area contributed by atoms with E-state index in [1.54, 1.807) is 12.0 Å². The molecule has 122 valence electrons. The number of ether oxygens (including phenoxy) is 1. The van der Waals surface area contributed by atoms with Crippen molar-refractivity contribution in [2.24, 2.45) is 0 Å². The largest absolute Gasteiger partial charge is 0.481 e. The molecule has 1 aromatic carbocycles. The van der Waals surface area contributed by atoms with Gasteiger partial charge >= 0.3 is 12.0 Å². The monoisotopic (exact) mass is 308 g/mol. The fourth-order valence-electron chi connectivity index (χ4n) is 2.11. The van der Waals surface area contributed by atoms with Crippen molar-refractivity contribution < 1.29 is 19.4 Å². The van der Waals surface area contributed by atoms with Crippen LogP contribution in [0.3, 0.4) is 0 Å². The second-order valence-electron chi connectivity index (χ2n) is 5.00. The van der Waals surface area contributed by atoms with E-state index in [4.69, 9.17) is 9.84 Å². The van der Waals surface area contributed by atoms with Crippen LogP contribution in [0.25, 0.3) is 0 Å². The van der Waals surface area contributed by atoms with Crippen molar-refractivity contribution in [3.8, 4) is 0 Å². The van der Waals surface area contributed by atoms with Crippen LogP contribution in [0, 0.1) is 0 Å². The van der Waals surface area contributed by atoms with Gasteiger partial charge in [0, 0.05) is 26.6 Å². The summed E-state index contributed by atoms with van der Waals surface area (Å²) in [7, 11) is 1.59. The van der Waals surface area contributed by atoms with Crippen molar-refractivity contribution in [1.82, 2.24) is 10.2 Å². The Morgan fingerprint density at radius 1 is 1.32 bits per heavy atom. The number of carbonyl (C=O) groups excluding carboxylic acids is 1. The maximum absolute atomic E-state index is 12.3. The molecule has 6 nitrogen and oxygen atoms in total. The third-order valence-electron chi connectivity index (χ3n) is 3.39. The van der Waals surface area contributed by atoms with E-state index >= 15 is 0 Å². The van der Waals surface area contributed by atoms with Crippen molar-refractivity contribution >= 4 is 12.0 Å². The van der Waals surface area contributed by atoms with Crippen molar-refractivity contribution in [2.45, 2.75) is 25.8 Å². The first-order chi connectivity index (χ1) is 10.6. The van der Waals surface area contributed by atoms with Crippen LogP contribution in [0.2, 0.25) is 0 Å². The molecule has 0 spiro atoms. The number of carboxylic acids is 1. The minimum Gasteiger partial charge on any atom is -0.481 e. The lowest BCUT2D eigenvalue weighted by molar-refractivity contribution is -0.137. The quantitative estimate of drug-likeness (QED) is 0.686. The number of carbonyl (C=O) groups is 2. The van der Waals surface area contributed by atoms with Gasteiger partial charge in [0.25, 0.3) is 0 Å². The summed E-state index contributed by atoms with van der Waals surface area (Å²) in [6.45, 7) is 3.22. The molecule has 0 saturated heterocycles. The Bertz CT molecular complexity index is 464. The Hall–Kier alpha value is -2.08. The molecular formula is C16H24N2O4. The maximum atomic E-state index is 12.3. The number of amides is 2. The molecule has 1 unspecified atom stereocenters. The van der Waals surface area contributed by atoms with Crippen molar-refractivity contribution in [2.75, 3.05) is 26.8 Å². The third kappa shape index (κ3) is 6.13. The van der Waals surface area contributed by atoms with Gasteiger partial charge in [0.1, 0.15) is 0 Å². The van der Waals surface area contributed by atoms with Gasteiger partial charge in [-0.25, -0.2) is 4.79 Å². The Kier molecular flexibility index (Phi) is 7.99. The highest BCUT2D eigenvalue weighted by molar-refractivity contribution is 5.74. The normalized spacial score (nSPS) is 11.7. The second-order valence-corrected chi connectivity index (χ2v) is 5.00. The first-order valence-corrected chi connectivity index (χ1v) is 7.36. The molecule has 0 aliphatic carbocycles. The lowest BCUT2D eigenvalue weighted by atomic mass is 10.1. The summed E-state index contributed by atoms with van der Waals surface area (Å²) in [5, 5.41) is 11.4. The average Bonchev–Trinajstić information content (AvgIpc) is 2.52. The number of nitrogens with one attached hydrogen (secondary N) is 1. The Morgan fingerprint density at radius 2 is 2.00 bits per heavy atom. The van der Waals surface area contributed by atoms with Gasteiger partial charge in [0.2, 0.25) is 0 Å². The molecule has 0 heterocycles. The highest BCUT2D eigenvalue weighted by Gasteiger charge is 2.20. The summed E-state index contributed by atoms with van der Waals surface area (Å²) in [6.07, 6.45) is 0.464. The van der Waals surface area contributed by atoms with E-state index in [1.807, 2.05) is 37.3 Å². The number of aliphatic carboxylic acids is 1. The molecule has 6 heteroatoms. The minimum atomic E-state index is -0.858. The molecule has 0 aromatic heterocycles. The molecule has 0 aliphatic heterocycles. The number of hydrogen-bond acceptors (Lipinski definition) is 3. The molecule has 1 atom stereocenters. The van der Waals surface area contributed by atoms with Gasteiger partial charge in [-0.05, 0) is 18.9 Å². The first kappa shape index (κ1) is 18.0. The van der Waals surface area contributed by atoms with Crippen LogP contribution in [-0.4, -0.2) is 48.8 Å². The van der Waals surface area contributed by atoms with Crippen LogP contribution in [-0.2, 0) is 9.53 Å². The van der Waals surface area contributed by atoms with Gasteiger partial charge in [-0.2, -0.15) is 0 Å². The predicted molar refractivity (Wildman–Crippen MR) is 83.7 cm³/mol. The van der Waals surface area contributed by atoms with Gasteiger partial charge in [-0.15, -0.1) is 0 Å². The number of hydrogen-bond donors (Lipinski definition) is 2. The molecule has 0 bridgehead atoms. The average molecular weight is 308 g/mol. The summed E-state index contributed by atoms with van der Waals surface area (Å²) in [6, 6.07) is 9.46. The highest BCUT2D eigenvalue weighted by atomic mass is 16.5. The molecule has 2 amide bonds. The fraction of sp³-hybridized carbons (Fsp3) is 0.500. The molecule has 0 aliphatic rings. The zero-order chi connectivity index (χ0) is 16.4. The van der Waals surface area contributed by atoms with Crippen LogP contribution >= 0.6 is 0 Å². The number of benzene rings is 1. The first-order valence-electron chi connectivity index (χ1n) is 7.36. The van der Waals surface area contributed by atoms with Crippen LogP contribution in [0.1, 0.15) is 31.4 Å². The van der Waals surface area contributed by atoms with Crippen LogP contribution < -0.4 is 5.32 Å². The highest BCUT2D eigenvalue weighted by Crippen LogP contribution is 2.19. The molecule has 1 rings (SSSR count). The van der Waals surface area contributed by atoms with E-state index in [9.17, 15) is 9.59 Å². The Balaban J connectivity index is 2.62. The summed E-state index contributed by atoms with van der Waals surface area (Å²) >= 11 is 0. The van der Waals surface area contributed by atoms with Crippen molar-refractivity contribution in [1.29, 1.82) is 0 Å². The van der Waals surface area contributed by atoms with Crippen LogP contribution in [0.4, 0.5) is 4.79 Å².